The van der Waals surface area contributed by atoms with Crippen molar-refractivity contribution < 1.29 is 9.59 Å². The highest BCUT2D eigenvalue weighted by Crippen LogP contribution is 2.27. The van der Waals surface area contributed by atoms with Crippen molar-refractivity contribution in [3.8, 4) is 16.4 Å². The van der Waals surface area contributed by atoms with Crippen LogP contribution in [0.1, 0.15) is 23.1 Å². The Labute approximate surface area is 177 Å². The van der Waals surface area contributed by atoms with Crippen molar-refractivity contribution in [1.82, 2.24) is 14.8 Å². The maximum absolute atomic E-state index is 13.0. The Morgan fingerprint density at radius 3 is 2.47 bits per heavy atom. The van der Waals surface area contributed by atoms with Crippen molar-refractivity contribution >= 4 is 34.5 Å². The third kappa shape index (κ3) is 4.13. The van der Waals surface area contributed by atoms with E-state index in [2.05, 4.69) is 20.7 Å². The number of hydrogen-bond donors (Lipinski definition) is 2. The Morgan fingerprint density at radius 1 is 0.967 bits per heavy atom. The van der Waals surface area contributed by atoms with Gasteiger partial charge in [0.05, 0.1) is 21.9 Å². The largest absolute Gasteiger partial charge is 0.325 e. The van der Waals surface area contributed by atoms with E-state index >= 15 is 0 Å². The zero-order chi connectivity index (χ0) is 21.1. The number of benzene rings is 2. The highest BCUT2D eigenvalue weighted by Gasteiger charge is 2.20. The smallest absolute Gasteiger partial charge is 0.295 e. The third-order valence-electron chi connectivity index (χ3n) is 4.29. The molecule has 4 rings (SSSR count). The van der Waals surface area contributed by atoms with E-state index in [0.29, 0.717) is 17.2 Å². The van der Waals surface area contributed by atoms with Gasteiger partial charge in [-0.05, 0) is 48.2 Å². The molecule has 0 aliphatic heterocycles. The zero-order valence-corrected chi connectivity index (χ0v) is 17.2. The first-order valence-corrected chi connectivity index (χ1v) is 10.1. The zero-order valence-electron chi connectivity index (χ0n) is 16.4. The van der Waals surface area contributed by atoms with Gasteiger partial charge in [0.2, 0.25) is 11.7 Å². The molecule has 0 saturated heterocycles. The molecule has 2 aromatic carbocycles. The minimum atomic E-state index is -0.459. The van der Waals surface area contributed by atoms with E-state index in [4.69, 9.17) is 0 Å². The van der Waals surface area contributed by atoms with Crippen LogP contribution < -0.4 is 10.6 Å². The summed E-state index contributed by atoms with van der Waals surface area (Å²) in [7, 11) is 0. The van der Waals surface area contributed by atoms with Gasteiger partial charge in [-0.1, -0.05) is 30.3 Å². The molecule has 7 nitrogen and oxygen atoms in total. The number of aromatic nitrogens is 3. The fraction of sp³-hybridized carbons (Fsp3) is 0.0909. The standard InChI is InChI=1S/C22H19N5O2S/c1-14-10-11-17(23-15(2)28)18(13-14)24-22(29)20-25-21(19-9-6-12-30-19)27(26-20)16-7-4-3-5-8-16/h3-13H,1-2H3,(H,23,28)(H,24,29). The molecule has 0 aliphatic carbocycles. The highest BCUT2D eigenvalue weighted by atomic mass is 32.1. The van der Waals surface area contributed by atoms with Crippen LogP contribution >= 0.6 is 11.3 Å². The van der Waals surface area contributed by atoms with Crippen LogP contribution in [0.15, 0.2) is 66.0 Å². The molecule has 2 amide bonds. The predicted octanol–water partition coefficient (Wildman–Crippen LogP) is 4.51. The number of anilines is 2. The normalized spacial score (nSPS) is 10.6. The number of carbonyl (C=O) groups is 2. The number of aryl methyl sites for hydroxylation is 1. The van der Waals surface area contributed by atoms with Crippen LogP contribution in [0.5, 0.6) is 0 Å². The number of carbonyl (C=O) groups excluding carboxylic acids is 2. The summed E-state index contributed by atoms with van der Waals surface area (Å²) in [4.78, 5) is 29.9. The lowest BCUT2D eigenvalue weighted by molar-refractivity contribution is -0.114. The van der Waals surface area contributed by atoms with Crippen molar-refractivity contribution in [2.75, 3.05) is 10.6 Å². The first-order chi connectivity index (χ1) is 14.5. The summed E-state index contributed by atoms with van der Waals surface area (Å²) in [6, 6.07) is 18.8. The third-order valence-corrected chi connectivity index (χ3v) is 5.15. The number of amides is 2. The van der Waals surface area contributed by atoms with E-state index in [-0.39, 0.29) is 11.7 Å². The number of nitrogens with zero attached hydrogens (tertiary/aromatic N) is 3. The summed E-state index contributed by atoms with van der Waals surface area (Å²) in [6.45, 7) is 3.33. The summed E-state index contributed by atoms with van der Waals surface area (Å²) < 4.78 is 1.66. The van der Waals surface area contributed by atoms with E-state index < -0.39 is 5.91 Å². The fourth-order valence-electron chi connectivity index (χ4n) is 2.96. The fourth-order valence-corrected chi connectivity index (χ4v) is 3.66. The molecule has 2 aromatic heterocycles. The summed E-state index contributed by atoms with van der Waals surface area (Å²) in [6.07, 6.45) is 0. The van der Waals surface area contributed by atoms with Gasteiger partial charge in [-0.15, -0.1) is 16.4 Å². The Hall–Kier alpha value is -3.78. The van der Waals surface area contributed by atoms with E-state index in [1.54, 1.807) is 16.8 Å². The Kier molecular flexibility index (Phi) is 5.40. The molecule has 0 aliphatic rings. The Balaban J connectivity index is 1.71. The van der Waals surface area contributed by atoms with Gasteiger partial charge in [0.25, 0.3) is 5.91 Å². The van der Waals surface area contributed by atoms with Crippen LogP contribution in [-0.2, 0) is 4.79 Å². The molecule has 150 valence electrons. The van der Waals surface area contributed by atoms with Gasteiger partial charge in [-0.2, -0.15) is 0 Å². The predicted molar refractivity (Wildman–Crippen MR) is 118 cm³/mol. The lowest BCUT2D eigenvalue weighted by Gasteiger charge is -2.11. The molecule has 0 radical (unpaired) electrons. The van der Waals surface area contributed by atoms with Gasteiger partial charge in [-0.3, -0.25) is 9.59 Å². The van der Waals surface area contributed by atoms with Crippen LogP contribution in [0, 0.1) is 6.92 Å². The number of nitrogens with one attached hydrogen (secondary N) is 2. The average Bonchev–Trinajstić information content (AvgIpc) is 3.40. The topological polar surface area (TPSA) is 88.9 Å². The highest BCUT2D eigenvalue weighted by molar-refractivity contribution is 7.13. The Bertz CT molecular complexity index is 1200. The molecule has 2 N–H and O–H groups in total. The molecule has 0 atom stereocenters. The molecular formula is C22H19N5O2S. The number of rotatable bonds is 5. The van der Waals surface area contributed by atoms with Crippen LogP contribution in [-0.4, -0.2) is 26.6 Å². The second-order valence-corrected chi connectivity index (χ2v) is 7.62. The van der Waals surface area contributed by atoms with Crippen molar-refractivity contribution in [1.29, 1.82) is 0 Å². The number of thiophene rings is 1. The van der Waals surface area contributed by atoms with Crippen molar-refractivity contribution in [3.05, 3.63) is 77.4 Å². The van der Waals surface area contributed by atoms with Crippen molar-refractivity contribution in [2.45, 2.75) is 13.8 Å². The molecule has 0 unspecified atom stereocenters. The quantitative estimate of drug-likeness (QED) is 0.500. The molecule has 8 heteroatoms. The van der Waals surface area contributed by atoms with Crippen LogP contribution in [0.25, 0.3) is 16.4 Å². The van der Waals surface area contributed by atoms with Gasteiger partial charge in [0.1, 0.15) is 0 Å². The summed E-state index contributed by atoms with van der Waals surface area (Å²) in [5.74, 6) is -0.0503. The summed E-state index contributed by atoms with van der Waals surface area (Å²) >= 11 is 1.52. The first-order valence-electron chi connectivity index (χ1n) is 9.27. The second-order valence-electron chi connectivity index (χ2n) is 6.67. The molecular weight excluding hydrogens is 398 g/mol. The minimum Gasteiger partial charge on any atom is -0.325 e. The van der Waals surface area contributed by atoms with Gasteiger partial charge in [0, 0.05) is 6.92 Å². The van der Waals surface area contributed by atoms with Gasteiger partial charge < -0.3 is 10.6 Å². The SMILES string of the molecule is CC(=O)Nc1ccc(C)cc1NC(=O)c1nc(-c2cccs2)n(-c2ccccc2)n1. The van der Waals surface area contributed by atoms with Crippen LogP contribution in [0.4, 0.5) is 11.4 Å². The first kappa shape index (κ1) is 19.5. The average molecular weight is 417 g/mol. The number of hydrogen-bond acceptors (Lipinski definition) is 5. The molecule has 0 fully saturated rings. The molecule has 0 saturated carbocycles. The van der Waals surface area contributed by atoms with Crippen LogP contribution in [0.2, 0.25) is 0 Å². The van der Waals surface area contributed by atoms with E-state index in [9.17, 15) is 9.59 Å². The molecule has 0 spiro atoms. The lowest BCUT2D eigenvalue weighted by atomic mass is 10.2. The number of para-hydroxylation sites is 1. The lowest BCUT2D eigenvalue weighted by Crippen LogP contribution is -2.17. The summed E-state index contributed by atoms with van der Waals surface area (Å²) in [5, 5.41) is 12.0. The molecule has 2 heterocycles. The van der Waals surface area contributed by atoms with Crippen LogP contribution in [0.3, 0.4) is 0 Å². The van der Waals surface area contributed by atoms with Gasteiger partial charge in [-0.25, -0.2) is 9.67 Å². The van der Waals surface area contributed by atoms with Gasteiger partial charge >= 0.3 is 0 Å². The maximum atomic E-state index is 13.0. The minimum absolute atomic E-state index is 0.0394. The van der Waals surface area contributed by atoms with E-state index in [0.717, 1.165) is 16.1 Å². The van der Waals surface area contributed by atoms with Crippen molar-refractivity contribution in [3.63, 3.8) is 0 Å². The molecule has 0 bridgehead atoms. The molecule has 4 aromatic rings. The maximum Gasteiger partial charge on any atom is 0.295 e. The van der Waals surface area contributed by atoms with Gasteiger partial charge in [0.15, 0.2) is 5.82 Å². The van der Waals surface area contributed by atoms with E-state index in [1.165, 1.54) is 18.3 Å². The molecule has 30 heavy (non-hydrogen) atoms. The second kappa shape index (κ2) is 8.30. The monoisotopic (exact) mass is 417 g/mol. The van der Waals surface area contributed by atoms with Crippen molar-refractivity contribution in [2.24, 2.45) is 0 Å². The Morgan fingerprint density at radius 2 is 1.77 bits per heavy atom. The summed E-state index contributed by atoms with van der Waals surface area (Å²) in [5.41, 5.74) is 2.76. The van der Waals surface area contributed by atoms with E-state index in [1.807, 2.05) is 60.8 Å².